The van der Waals surface area contributed by atoms with Crippen molar-refractivity contribution in [2.24, 2.45) is 0 Å². The number of fused-ring (bicyclic) bond motifs is 1. The fourth-order valence-electron chi connectivity index (χ4n) is 1.15. The maximum Gasteiger partial charge on any atom is 0.142 e. The van der Waals surface area contributed by atoms with Crippen LogP contribution in [-0.4, -0.2) is 21.5 Å². The van der Waals surface area contributed by atoms with Crippen molar-refractivity contribution in [2.45, 2.75) is 0 Å². The van der Waals surface area contributed by atoms with Crippen LogP contribution in [0.2, 0.25) is 0 Å². The molecule has 4 heteroatoms. The first-order valence-electron chi connectivity index (χ1n) is 3.82. The number of rotatable bonds is 2. The minimum Gasteiger partial charge on any atom is -0.299 e. The topological polar surface area (TPSA) is 58.6 Å². The van der Waals surface area contributed by atoms with Gasteiger partial charge in [0.25, 0.3) is 0 Å². The molecule has 0 fully saturated rings. The van der Waals surface area contributed by atoms with E-state index in [1.54, 1.807) is 18.5 Å². The quantitative estimate of drug-likeness (QED) is 0.547. The molecule has 1 N–H and O–H groups in total. The number of H-pyrrole nitrogens is 1. The Balaban J connectivity index is 2.57. The molecule has 2 rings (SSSR count). The highest BCUT2D eigenvalue weighted by Crippen LogP contribution is 2.14. The fraction of sp³-hybridized carbons (Fsp3) is 0. The van der Waals surface area contributed by atoms with Crippen molar-refractivity contribution < 1.29 is 4.79 Å². The monoisotopic (exact) mass is 173 g/mol. The van der Waals surface area contributed by atoms with E-state index in [9.17, 15) is 4.79 Å². The smallest absolute Gasteiger partial charge is 0.142 e. The Morgan fingerprint density at radius 2 is 2.38 bits per heavy atom. The number of aldehydes is 1. The summed E-state index contributed by atoms with van der Waals surface area (Å²) in [4.78, 5) is 14.0. The van der Waals surface area contributed by atoms with Gasteiger partial charge < -0.3 is 0 Å². The summed E-state index contributed by atoms with van der Waals surface area (Å²) in [5.74, 6) is 0. The Hall–Kier alpha value is -1.97. The molecule has 0 atom stereocenters. The standard InChI is InChI=1S/C9H7N3O/c13-5-1-2-8-7-3-4-10-6-9(7)12-11-8/h1-6H,(H,11,12)/b2-1+. The minimum atomic E-state index is 0.724. The van der Waals surface area contributed by atoms with Crippen LogP contribution < -0.4 is 0 Å². The van der Waals surface area contributed by atoms with Gasteiger partial charge in [0, 0.05) is 11.6 Å². The van der Waals surface area contributed by atoms with Crippen LogP contribution in [0.15, 0.2) is 24.5 Å². The van der Waals surface area contributed by atoms with Gasteiger partial charge >= 0.3 is 0 Å². The van der Waals surface area contributed by atoms with Gasteiger partial charge in [0.15, 0.2) is 0 Å². The number of nitrogens with one attached hydrogen (secondary N) is 1. The first-order valence-corrected chi connectivity index (χ1v) is 3.82. The summed E-state index contributed by atoms with van der Waals surface area (Å²) in [5.41, 5.74) is 1.62. The van der Waals surface area contributed by atoms with Gasteiger partial charge in [0.2, 0.25) is 0 Å². The lowest BCUT2D eigenvalue weighted by molar-refractivity contribution is -0.104. The van der Waals surface area contributed by atoms with Gasteiger partial charge in [-0.3, -0.25) is 14.9 Å². The number of aromatic nitrogens is 3. The summed E-state index contributed by atoms with van der Waals surface area (Å²) in [7, 11) is 0. The van der Waals surface area contributed by atoms with Crippen molar-refractivity contribution >= 4 is 23.3 Å². The van der Waals surface area contributed by atoms with Gasteiger partial charge in [-0.1, -0.05) is 0 Å². The van der Waals surface area contributed by atoms with Gasteiger partial charge in [0.05, 0.1) is 17.4 Å². The van der Waals surface area contributed by atoms with Crippen molar-refractivity contribution in [1.29, 1.82) is 0 Å². The number of hydrogen-bond acceptors (Lipinski definition) is 3. The van der Waals surface area contributed by atoms with Gasteiger partial charge in [-0.2, -0.15) is 5.10 Å². The summed E-state index contributed by atoms with van der Waals surface area (Å²) in [6, 6.07) is 1.85. The molecule has 0 saturated heterocycles. The third kappa shape index (κ3) is 1.33. The maximum absolute atomic E-state index is 10.1. The second kappa shape index (κ2) is 3.18. The molecule has 13 heavy (non-hydrogen) atoms. The molecule has 0 aliphatic heterocycles. The van der Waals surface area contributed by atoms with Crippen LogP contribution in [0.1, 0.15) is 5.69 Å². The number of pyridine rings is 1. The average Bonchev–Trinajstić information content (AvgIpc) is 2.58. The number of carbonyl (C=O) groups is 1. The molecule has 2 heterocycles. The molecule has 2 aromatic heterocycles. The Labute approximate surface area is 74.3 Å². The highest BCUT2D eigenvalue weighted by Gasteiger charge is 2.00. The van der Waals surface area contributed by atoms with E-state index >= 15 is 0 Å². The molecule has 0 amide bonds. The molecular formula is C9H7N3O. The molecule has 0 aromatic carbocycles. The Morgan fingerprint density at radius 3 is 3.23 bits per heavy atom. The molecule has 0 aliphatic carbocycles. The van der Waals surface area contributed by atoms with Crippen LogP contribution in [0.4, 0.5) is 0 Å². The van der Waals surface area contributed by atoms with Crippen LogP contribution in [0.3, 0.4) is 0 Å². The van der Waals surface area contributed by atoms with E-state index in [0.29, 0.717) is 0 Å². The third-order valence-corrected chi connectivity index (χ3v) is 1.73. The molecule has 2 aromatic rings. The van der Waals surface area contributed by atoms with Crippen molar-refractivity contribution in [3.63, 3.8) is 0 Å². The zero-order valence-corrected chi connectivity index (χ0v) is 6.77. The summed E-state index contributed by atoms with van der Waals surface area (Å²) in [6.07, 6.45) is 7.18. The Morgan fingerprint density at radius 1 is 1.46 bits per heavy atom. The van der Waals surface area contributed by atoms with E-state index in [0.717, 1.165) is 22.9 Å². The SMILES string of the molecule is O=C/C=C/c1n[nH]c2cnccc12. The van der Waals surface area contributed by atoms with E-state index in [-0.39, 0.29) is 0 Å². The van der Waals surface area contributed by atoms with Gasteiger partial charge in [-0.25, -0.2) is 0 Å². The van der Waals surface area contributed by atoms with E-state index < -0.39 is 0 Å². The van der Waals surface area contributed by atoms with E-state index in [4.69, 9.17) is 0 Å². The van der Waals surface area contributed by atoms with Gasteiger partial charge in [-0.15, -0.1) is 0 Å². The zero-order valence-electron chi connectivity index (χ0n) is 6.77. The number of allylic oxidation sites excluding steroid dienone is 1. The van der Waals surface area contributed by atoms with Crippen LogP contribution in [0.5, 0.6) is 0 Å². The number of hydrogen-bond donors (Lipinski definition) is 1. The second-order valence-corrected chi connectivity index (χ2v) is 2.53. The van der Waals surface area contributed by atoms with Crippen LogP contribution >= 0.6 is 0 Å². The van der Waals surface area contributed by atoms with E-state index in [1.807, 2.05) is 6.07 Å². The zero-order chi connectivity index (χ0) is 9.10. The van der Waals surface area contributed by atoms with Gasteiger partial charge in [-0.05, 0) is 18.2 Å². The largest absolute Gasteiger partial charge is 0.299 e. The predicted octanol–water partition coefficient (Wildman–Crippen LogP) is 1.17. The molecule has 4 nitrogen and oxygen atoms in total. The van der Waals surface area contributed by atoms with Crippen molar-refractivity contribution in [3.8, 4) is 0 Å². The average molecular weight is 173 g/mol. The summed E-state index contributed by atoms with van der Waals surface area (Å²) in [5, 5.41) is 7.81. The Kier molecular flexibility index (Phi) is 1.88. The lowest BCUT2D eigenvalue weighted by atomic mass is 10.2. The lowest BCUT2D eigenvalue weighted by Crippen LogP contribution is -1.72. The normalized spacial score (nSPS) is 11.1. The highest BCUT2D eigenvalue weighted by molar-refractivity contribution is 5.88. The number of nitrogens with zero attached hydrogens (tertiary/aromatic N) is 2. The first-order chi connectivity index (χ1) is 6.42. The molecule has 0 saturated carbocycles. The predicted molar refractivity (Wildman–Crippen MR) is 49.0 cm³/mol. The molecular weight excluding hydrogens is 166 g/mol. The van der Waals surface area contributed by atoms with E-state index in [1.165, 1.54) is 6.08 Å². The summed E-state index contributed by atoms with van der Waals surface area (Å²) in [6.45, 7) is 0. The second-order valence-electron chi connectivity index (χ2n) is 2.53. The maximum atomic E-state index is 10.1. The van der Waals surface area contributed by atoms with Crippen molar-refractivity contribution in [2.75, 3.05) is 0 Å². The van der Waals surface area contributed by atoms with Crippen molar-refractivity contribution in [1.82, 2.24) is 15.2 Å². The highest BCUT2D eigenvalue weighted by atomic mass is 16.1. The Bertz CT molecular complexity index is 459. The number of aromatic amines is 1. The summed E-state index contributed by atoms with van der Waals surface area (Å²) >= 11 is 0. The number of carbonyl (C=O) groups excluding carboxylic acids is 1. The first kappa shape index (κ1) is 7.67. The third-order valence-electron chi connectivity index (χ3n) is 1.73. The molecule has 0 radical (unpaired) electrons. The lowest BCUT2D eigenvalue weighted by Gasteiger charge is -1.85. The molecule has 0 spiro atoms. The van der Waals surface area contributed by atoms with Gasteiger partial charge in [0.1, 0.15) is 6.29 Å². The van der Waals surface area contributed by atoms with Crippen LogP contribution in [-0.2, 0) is 4.79 Å². The molecule has 0 unspecified atom stereocenters. The molecule has 0 aliphatic rings. The van der Waals surface area contributed by atoms with Crippen LogP contribution in [0.25, 0.3) is 17.0 Å². The summed E-state index contributed by atoms with van der Waals surface area (Å²) < 4.78 is 0. The fourth-order valence-corrected chi connectivity index (χ4v) is 1.15. The van der Waals surface area contributed by atoms with Crippen LogP contribution in [0, 0.1) is 0 Å². The van der Waals surface area contributed by atoms with E-state index in [2.05, 4.69) is 15.2 Å². The molecule has 0 bridgehead atoms. The molecule has 64 valence electrons. The minimum absolute atomic E-state index is 0.724. The van der Waals surface area contributed by atoms with Crippen molar-refractivity contribution in [3.05, 3.63) is 30.2 Å².